The van der Waals surface area contributed by atoms with Crippen LogP contribution >= 0.6 is 0 Å². The molecule has 8 heteroatoms. The summed E-state index contributed by atoms with van der Waals surface area (Å²) in [4.78, 5) is 41.1. The SMILES string of the molecule is CCC(C)(C)N(C(=O)C(CO)NC(=O)OC(C)(C)C)C(C(=O)NC(C)C)c1ccccc1C. The van der Waals surface area contributed by atoms with Crippen LogP contribution in [0.5, 0.6) is 0 Å². The third-order valence-corrected chi connectivity index (χ3v) is 5.35. The fraction of sp³-hybridized carbons (Fsp3) is 0.640. The average molecular weight is 464 g/mol. The molecule has 8 nitrogen and oxygen atoms in total. The van der Waals surface area contributed by atoms with Crippen molar-refractivity contribution in [2.24, 2.45) is 0 Å². The second-order valence-electron chi connectivity index (χ2n) is 10.2. The van der Waals surface area contributed by atoms with Gasteiger partial charge < -0.3 is 25.4 Å². The third kappa shape index (κ3) is 8.03. The molecule has 0 heterocycles. The number of ether oxygens (including phenoxy) is 1. The minimum absolute atomic E-state index is 0.140. The lowest BCUT2D eigenvalue weighted by molar-refractivity contribution is -0.150. The van der Waals surface area contributed by atoms with Crippen molar-refractivity contribution in [2.75, 3.05) is 6.61 Å². The number of hydrogen-bond donors (Lipinski definition) is 3. The van der Waals surface area contributed by atoms with E-state index >= 15 is 0 Å². The number of hydrogen-bond acceptors (Lipinski definition) is 5. The summed E-state index contributed by atoms with van der Waals surface area (Å²) in [5, 5.41) is 15.4. The van der Waals surface area contributed by atoms with Gasteiger partial charge in [0.2, 0.25) is 11.8 Å². The molecule has 0 spiro atoms. The number of benzene rings is 1. The monoisotopic (exact) mass is 463 g/mol. The minimum atomic E-state index is -1.27. The Bertz CT molecular complexity index is 830. The van der Waals surface area contributed by atoms with Gasteiger partial charge in [0.1, 0.15) is 17.7 Å². The zero-order chi connectivity index (χ0) is 25.6. The Hall–Kier alpha value is -2.61. The molecule has 0 aromatic heterocycles. The van der Waals surface area contributed by atoms with E-state index in [4.69, 9.17) is 4.74 Å². The van der Waals surface area contributed by atoms with E-state index in [1.165, 1.54) is 4.90 Å². The molecular weight excluding hydrogens is 422 g/mol. The van der Waals surface area contributed by atoms with Crippen molar-refractivity contribution in [3.63, 3.8) is 0 Å². The molecule has 3 N–H and O–H groups in total. The molecule has 0 bridgehead atoms. The van der Waals surface area contributed by atoms with E-state index in [1.54, 1.807) is 20.8 Å². The summed E-state index contributed by atoms with van der Waals surface area (Å²) in [5.74, 6) is -0.898. The lowest BCUT2D eigenvalue weighted by Gasteiger charge is -2.45. The van der Waals surface area contributed by atoms with Crippen LogP contribution in [0.2, 0.25) is 0 Å². The Morgan fingerprint density at radius 3 is 2.09 bits per heavy atom. The molecule has 0 saturated carbocycles. The quantitative estimate of drug-likeness (QED) is 0.520. The normalized spacial score (nSPS) is 13.8. The average Bonchev–Trinajstić information content (AvgIpc) is 2.68. The van der Waals surface area contributed by atoms with Gasteiger partial charge in [-0.2, -0.15) is 0 Å². The second-order valence-corrected chi connectivity index (χ2v) is 10.2. The maximum Gasteiger partial charge on any atom is 0.408 e. The molecule has 2 atom stereocenters. The molecule has 0 fully saturated rings. The Kier molecular flexibility index (Phi) is 9.90. The van der Waals surface area contributed by atoms with Gasteiger partial charge in [0, 0.05) is 11.6 Å². The zero-order valence-electron chi connectivity index (χ0n) is 21.5. The van der Waals surface area contributed by atoms with E-state index in [9.17, 15) is 19.5 Å². The standard InChI is InChI=1S/C25H41N3O5/c1-10-25(8,9)28(22(31)19(15-29)27-23(32)33-24(5,6)7)20(21(30)26-16(2)3)18-14-12-11-13-17(18)4/h11-14,16,19-20,29H,10,15H2,1-9H3,(H,26,30)(H,27,32). The van der Waals surface area contributed by atoms with Crippen LogP contribution in [0.25, 0.3) is 0 Å². The summed E-state index contributed by atoms with van der Waals surface area (Å²) in [7, 11) is 0. The van der Waals surface area contributed by atoms with Gasteiger partial charge in [-0.1, -0.05) is 31.2 Å². The van der Waals surface area contributed by atoms with Crippen molar-refractivity contribution in [1.29, 1.82) is 0 Å². The van der Waals surface area contributed by atoms with E-state index in [0.29, 0.717) is 12.0 Å². The molecule has 0 aliphatic carbocycles. The predicted molar refractivity (Wildman–Crippen MR) is 129 cm³/mol. The molecule has 0 aliphatic rings. The molecule has 0 saturated heterocycles. The molecule has 0 radical (unpaired) electrons. The van der Waals surface area contributed by atoms with E-state index in [2.05, 4.69) is 10.6 Å². The highest BCUT2D eigenvalue weighted by molar-refractivity contribution is 5.93. The van der Waals surface area contributed by atoms with Crippen LogP contribution in [0.15, 0.2) is 24.3 Å². The molecule has 186 valence electrons. The summed E-state index contributed by atoms with van der Waals surface area (Å²) in [5.41, 5.74) is 0.00353. The number of carbonyl (C=O) groups excluding carboxylic acids is 3. The van der Waals surface area contributed by atoms with Crippen molar-refractivity contribution in [3.05, 3.63) is 35.4 Å². The lowest BCUT2D eigenvalue weighted by Crippen LogP contribution is -2.60. The highest BCUT2D eigenvalue weighted by atomic mass is 16.6. The van der Waals surface area contributed by atoms with Crippen LogP contribution in [0.3, 0.4) is 0 Å². The van der Waals surface area contributed by atoms with Gasteiger partial charge in [0.15, 0.2) is 0 Å². The fourth-order valence-electron chi connectivity index (χ4n) is 3.40. The van der Waals surface area contributed by atoms with Crippen LogP contribution in [-0.2, 0) is 14.3 Å². The van der Waals surface area contributed by atoms with Crippen molar-refractivity contribution in [3.8, 4) is 0 Å². The lowest BCUT2D eigenvalue weighted by atomic mass is 9.90. The van der Waals surface area contributed by atoms with Gasteiger partial charge in [0.05, 0.1) is 6.61 Å². The Labute approximate surface area is 198 Å². The Balaban J connectivity index is 3.55. The number of alkyl carbamates (subject to hydrolysis) is 1. The van der Waals surface area contributed by atoms with E-state index in [0.717, 1.165) is 5.56 Å². The smallest absolute Gasteiger partial charge is 0.408 e. The highest BCUT2D eigenvalue weighted by Gasteiger charge is 2.43. The highest BCUT2D eigenvalue weighted by Crippen LogP contribution is 2.33. The van der Waals surface area contributed by atoms with Gasteiger partial charge >= 0.3 is 6.09 Å². The van der Waals surface area contributed by atoms with E-state index < -0.39 is 41.8 Å². The molecule has 0 aliphatic heterocycles. The first-order valence-corrected chi connectivity index (χ1v) is 11.4. The van der Waals surface area contributed by atoms with Gasteiger partial charge in [0.25, 0.3) is 0 Å². The van der Waals surface area contributed by atoms with Crippen LogP contribution in [-0.4, -0.2) is 57.7 Å². The zero-order valence-corrected chi connectivity index (χ0v) is 21.5. The van der Waals surface area contributed by atoms with Crippen LogP contribution in [0.4, 0.5) is 4.79 Å². The molecule has 1 aromatic carbocycles. The summed E-state index contributed by atoms with van der Waals surface area (Å²) in [6.45, 7) is 15.7. The number of nitrogens with zero attached hydrogens (tertiary/aromatic N) is 1. The van der Waals surface area contributed by atoms with Gasteiger partial charge in [-0.3, -0.25) is 9.59 Å². The molecule has 3 amide bonds. The van der Waals surface area contributed by atoms with Gasteiger partial charge in [-0.15, -0.1) is 0 Å². The van der Waals surface area contributed by atoms with Crippen molar-refractivity contribution in [1.82, 2.24) is 15.5 Å². The Morgan fingerprint density at radius 1 is 1.06 bits per heavy atom. The predicted octanol–water partition coefficient (Wildman–Crippen LogP) is 3.46. The Morgan fingerprint density at radius 2 is 1.64 bits per heavy atom. The van der Waals surface area contributed by atoms with Crippen molar-refractivity contribution >= 4 is 17.9 Å². The topological polar surface area (TPSA) is 108 Å². The minimum Gasteiger partial charge on any atom is -0.444 e. The number of aliphatic hydroxyl groups excluding tert-OH is 1. The van der Waals surface area contributed by atoms with Gasteiger partial charge in [-0.25, -0.2) is 4.79 Å². The summed E-state index contributed by atoms with van der Waals surface area (Å²) >= 11 is 0. The number of nitrogens with one attached hydrogen (secondary N) is 2. The first-order valence-electron chi connectivity index (χ1n) is 11.4. The number of aliphatic hydroxyl groups is 1. The van der Waals surface area contributed by atoms with Crippen LogP contribution in [0.1, 0.15) is 79.0 Å². The molecule has 1 aromatic rings. The maximum absolute atomic E-state index is 13.8. The number of amides is 3. The number of rotatable bonds is 9. The molecular formula is C25H41N3O5. The molecule has 2 unspecified atom stereocenters. The fourth-order valence-corrected chi connectivity index (χ4v) is 3.40. The summed E-state index contributed by atoms with van der Waals surface area (Å²) in [6, 6.07) is 5.03. The first kappa shape index (κ1) is 28.4. The van der Waals surface area contributed by atoms with Gasteiger partial charge in [-0.05, 0) is 72.9 Å². The second kappa shape index (κ2) is 11.5. The van der Waals surface area contributed by atoms with Crippen molar-refractivity contribution < 1.29 is 24.2 Å². The summed E-state index contributed by atoms with van der Waals surface area (Å²) in [6.07, 6.45) is -0.274. The first-order chi connectivity index (χ1) is 15.1. The molecule has 1 rings (SSSR count). The number of carbonyl (C=O) groups is 3. The molecule has 33 heavy (non-hydrogen) atoms. The summed E-state index contributed by atoms with van der Waals surface area (Å²) < 4.78 is 5.27. The maximum atomic E-state index is 13.8. The third-order valence-electron chi connectivity index (χ3n) is 5.35. The van der Waals surface area contributed by atoms with Crippen LogP contribution in [0, 0.1) is 6.92 Å². The van der Waals surface area contributed by atoms with E-state index in [1.807, 2.05) is 65.8 Å². The van der Waals surface area contributed by atoms with E-state index in [-0.39, 0.29) is 11.9 Å². The largest absolute Gasteiger partial charge is 0.444 e. The number of aryl methyl sites for hydroxylation is 1. The van der Waals surface area contributed by atoms with Crippen molar-refractivity contribution in [2.45, 2.75) is 98.0 Å². The van der Waals surface area contributed by atoms with Crippen LogP contribution < -0.4 is 10.6 Å².